The molecule has 0 unspecified atom stereocenters. The van der Waals surface area contributed by atoms with Crippen LogP contribution in [0, 0.1) is 0 Å². The number of carbonyl (C=O) groups is 3. The number of esters is 1. The minimum absolute atomic E-state index is 0.179. The van der Waals surface area contributed by atoms with Crippen LogP contribution in [0.4, 0.5) is 0 Å². The molecule has 1 aromatic rings. The number of ether oxygens (including phenoxy) is 1. The Hall–Kier alpha value is -2.37. The fourth-order valence-electron chi connectivity index (χ4n) is 2.06. The number of hydrogen-bond acceptors (Lipinski definition) is 4. The first-order chi connectivity index (χ1) is 10.5. The van der Waals surface area contributed by atoms with Gasteiger partial charge in [0.1, 0.15) is 6.54 Å². The predicted molar refractivity (Wildman–Crippen MR) is 80.6 cm³/mol. The number of methoxy groups -OCH3 is 1. The quantitative estimate of drug-likeness (QED) is 0.739. The fraction of sp³-hybridized carbons (Fsp3) is 0.438. The van der Waals surface area contributed by atoms with Gasteiger partial charge in [-0.2, -0.15) is 0 Å². The number of carboxylic acids is 1. The smallest absolute Gasteiger partial charge is 0.337 e. The number of aliphatic carboxylic acids is 1. The molecule has 6 nitrogen and oxygen atoms in total. The van der Waals surface area contributed by atoms with Crippen molar-refractivity contribution in [3.8, 4) is 0 Å². The standard InChI is InChI=1S/C16H21NO5/c1-3-10-17(11-15(19)20)14(18)9-6-12-4-7-13(8-5-12)16(21)22-2/h4-5,7-8H,3,6,9-11H2,1-2H3,(H,19,20). The van der Waals surface area contributed by atoms with Crippen molar-refractivity contribution in [2.75, 3.05) is 20.2 Å². The number of carbonyl (C=O) groups excluding carboxylic acids is 2. The van der Waals surface area contributed by atoms with Crippen LogP contribution in [0.5, 0.6) is 0 Å². The van der Waals surface area contributed by atoms with Crippen molar-refractivity contribution in [1.29, 1.82) is 0 Å². The topological polar surface area (TPSA) is 83.9 Å². The summed E-state index contributed by atoms with van der Waals surface area (Å²) in [5, 5.41) is 8.81. The Morgan fingerprint density at radius 3 is 2.32 bits per heavy atom. The summed E-state index contributed by atoms with van der Waals surface area (Å²) < 4.78 is 4.61. The zero-order valence-corrected chi connectivity index (χ0v) is 12.9. The number of hydrogen-bond donors (Lipinski definition) is 1. The zero-order chi connectivity index (χ0) is 16.5. The Morgan fingerprint density at radius 2 is 1.82 bits per heavy atom. The van der Waals surface area contributed by atoms with Crippen molar-refractivity contribution < 1.29 is 24.2 Å². The van der Waals surface area contributed by atoms with Crippen LogP contribution in [0.2, 0.25) is 0 Å². The summed E-state index contributed by atoms with van der Waals surface area (Å²) in [6.45, 7) is 2.06. The summed E-state index contributed by atoms with van der Waals surface area (Å²) in [5.41, 5.74) is 1.36. The molecule has 1 N–H and O–H groups in total. The van der Waals surface area contributed by atoms with Crippen molar-refractivity contribution in [3.05, 3.63) is 35.4 Å². The highest BCUT2D eigenvalue weighted by Crippen LogP contribution is 2.09. The van der Waals surface area contributed by atoms with Gasteiger partial charge in [-0.05, 0) is 30.5 Å². The van der Waals surface area contributed by atoms with Gasteiger partial charge in [-0.3, -0.25) is 9.59 Å². The minimum atomic E-state index is -1.01. The largest absolute Gasteiger partial charge is 0.480 e. The zero-order valence-electron chi connectivity index (χ0n) is 12.9. The van der Waals surface area contributed by atoms with Gasteiger partial charge >= 0.3 is 11.9 Å². The van der Waals surface area contributed by atoms with Crippen LogP contribution in [-0.2, 0) is 20.7 Å². The third-order valence-corrected chi connectivity index (χ3v) is 3.17. The van der Waals surface area contributed by atoms with E-state index in [0.29, 0.717) is 24.9 Å². The predicted octanol–water partition coefficient (Wildman–Crippen LogP) is 1.73. The van der Waals surface area contributed by atoms with Crippen LogP contribution in [0.25, 0.3) is 0 Å². The van der Waals surface area contributed by atoms with E-state index in [1.165, 1.54) is 12.0 Å². The maximum atomic E-state index is 12.1. The van der Waals surface area contributed by atoms with Crippen molar-refractivity contribution in [2.24, 2.45) is 0 Å². The SMILES string of the molecule is CCCN(CC(=O)O)C(=O)CCc1ccc(C(=O)OC)cc1. The third kappa shape index (κ3) is 5.55. The van der Waals surface area contributed by atoms with E-state index in [1.54, 1.807) is 24.3 Å². The minimum Gasteiger partial charge on any atom is -0.480 e. The molecule has 1 rings (SSSR count). The van der Waals surface area contributed by atoms with Crippen molar-refractivity contribution in [3.63, 3.8) is 0 Å². The van der Waals surface area contributed by atoms with Gasteiger partial charge in [0.2, 0.25) is 5.91 Å². The van der Waals surface area contributed by atoms with Gasteiger partial charge in [0.15, 0.2) is 0 Å². The molecule has 0 spiro atoms. The molecule has 0 aromatic heterocycles. The molecule has 0 aliphatic heterocycles. The lowest BCUT2D eigenvalue weighted by Gasteiger charge is -2.19. The van der Waals surface area contributed by atoms with Crippen LogP contribution in [0.1, 0.15) is 35.7 Å². The summed E-state index contributed by atoms with van der Waals surface area (Å²) in [6.07, 6.45) is 1.46. The molecule has 1 amide bonds. The number of aryl methyl sites for hydroxylation is 1. The van der Waals surface area contributed by atoms with E-state index in [4.69, 9.17) is 5.11 Å². The molecule has 0 bridgehead atoms. The molecule has 0 aliphatic carbocycles. The van der Waals surface area contributed by atoms with Crippen molar-refractivity contribution in [2.45, 2.75) is 26.2 Å². The van der Waals surface area contributed by atoms with Crippen molar-refractivity contribution >= 4 is 17.8 Å². The third-order valence-electron chi connectivity index (χ3n) is 3.17. The lowest BCUT2D eigenvalue weighted by atomic mass is 10.1. The average Bonchev–Trinajstić information content (AvgIpc) is 2.51. The maximum absolute atomic E-state index is 12.1. The number of rotatable bonds is 8. The number of nitrogens with zero attached hydrogens (tertiary/aromatic N) is 1. The van der Waals surface area contributed by atoms with E-state index in [1.807, 2.05) is 6.92 Å². The Labute approximate surface area is 129 Å². The van der Waals surface area contributed by atoms with Crippen LogP contribution in [0.3, 0.4) is 0 Å². The molecule has 0 saturated heterocycles. The molecule has 0 saturated carbocycles. The van der Waals surface area contributed by atoms with Gasteiger partial charge in [-0.15, -0.1) is 0 Å². The molecule has 1 aromatic carbocycles. The Bertz CT molecular complexity index is 524. The van der Waals surface area contributed by atoms with Gasteiger partial charge in [-0.1, -0.05) is 19.1 Å². The lowest BCUT2D eigenvalue weighted by molar-refractivity contribution is -0.144. The maximum Gasteiger partial charge on any atom is 0.337 e. The lowest BCUT2D eigenvalue weighted by Crippen LogP contribution is -2.36. The second-order valence-corrected chi connectivity index (χ2v) is 4.90. The normalized spacial score (nSPS) is 10.1. The number of benzene rings is 1. The summed E-state index contributed by atoms with van der Waals surface area (Å²) in [6, 6.07) is 6.82. The van der Waals surface area contributed by atoms with E-state index in [-0.39, 0.29) is 18.9 Å². The summed E-state index contributed by atoms with van der Waals surface area (Å²) in [4.78, 5) is 35.5. The molecule has 6 heteroatoms. The molecular weight excluding hydrogens is 286 g/mol. The molecule has 22 heavy (non-hydrogen) atoms. The molecule has 0 heterocycles. The second kappa shape index (κ2) is 8.81. The van der Waals surface area contributed by atoms with Crippen LogP contribution in [0.15, 0.2) is 24.3 Å². The molecule has 120 valence electrons. The fourth-order valence-corrected chi connectivity index (χ4v) is 2.06. The van der Waals surface area contributed by atoms with Crippen molar-refractivity contribution in [1.82, 2.24) is 4.90 Å². The molecule has 0 aliphatic rings. The van der Waals surface area contributed by atoms with Gasteiger partial charge < -0.3 is 14.7 Å². The van der Waals surface area contributed by atoms with Crippen LogP contribution < -0.4 is 0 Å². The van der Waals surface area contributed by atoms with E-state index < -0.39 is 11.9 Å². The first kappa shape index (κ1) is 17.7. The average molecular weight is 307 g/mol. The Morgan fingerprint density at radius 1 is 1.18 bits per heavy atom. The second-order valence-electron chi connectivity index (χ2n) is 4.90. The molecule has 0 fully saturated rings. The number of carboxylic acid groups (broad SMARTS) is 1. The van der Waals surface area contributed by atoms with Gasteiger partial charge in [0, 0.05) is 13.0 Å². The highest BCUT2D eigenvalue weighted by molar-refractivity contribution is 5.89. The van der Waals surface area contributed by atoms with Gasteiger partial charge in [0.05, 0.1) is 12.7 Å². The Balaban J connectivity index is 2.58. The highest BCUT2D eigenvalue weighted by atomic mass is 16.5. The van der Waals surface area contributed by atoms with E-state index in [0.717, 1.165) is 5.56 Å². The molecular formula is C16H21NO5. The molecule has 0 atom stereocenters. The van der Waals surface area contributed by atoms with Gasteiger partial charge in [0.25, 0.3) is 0 Å². The first-order valence-corrected chi connectivity index (χ1v) is 7.14. The first-order valence-electron chi connectivity index (χ1n) is 7.14. The van der Waals surface area contributed by atoms with Crippen LogP contribution >= 0.6 is 0 Å². The van der Waals surface area contributed by atoms with Crippen LogP contribution in [-0.4, -0.2) is 48.1 Å². The van der Waals surface area contributed by atoms with E-state index in [9.17, 15) is 14.4 Å². The Kier molecular flexibility index (Phi) is 7.08. The van der Waals surface area contributed by atoms with E-state index >= 15 is 0 Å². The molecule has 0 radical (unpaired) electrons. The summed E-state index contributed by atoms with van der Waals surface area (Å²) >= 11 is 0. The summed E-state index contributed by atoms with van der Waals surface area (Å²) in [7, 11) is 1.32. The highest BCUT2D eigenvalue weighted by Gasteiger charge is 2.15. The van der Waals surface area contributed by atoms with Gasteiger partial charge in [-0.25, -0.2) is 4.79 Å². The summed E-state index contributed by atoms with van der Waals surface area (Å²) in [5.74, 6) is -1.59. The monoisotopic (exact) mass is 307 g/mol. The number of amides is 1. The van der Waals surface area contributed by atoms with E-state index in [2.05, 4.69) is 4.74 Å².